The van der Waals surface area contributed by atoms with Gasteiger partial charge in [-0.2, -0.15) is 0 Å². The van der Waals surface area contributed by atoms with Gasteiger partial charge in [0.2, 0.25) is 11.8 Å². The summed E-state index contributed by atoms with van der Waals surface area (Å²) in [4.78, 5) is 28.6. The molecule has 4 nitrogen and oxygen atoms in total. The topological polar surface area (TPSA) is 40.6 Å². The van der Waals surface area contributed by atoms with Gasteiger partial charge in [0.15, 0.2) is 0 Å². The van der Waals surface area contributed by atoms with Crippen molar-refractivity contribution in [3.8, 4) is 0 Å². The van der Waals surface area contributed by atoms with Gasteiger partial charge in [0.1, 0.15) is 0 Å². The van der Waals surface area contributed by atoms with E-state index in [1.54, 1.807) is 23.6 Å². The van der Waals surface area contributed by atoms with Crippen LogP contribution in [0.5, 0.6) is 0 Å². The van der Waals surface area contributed by atoms with E-state index in [0.29, 0.717) is 18.1 Å². The third-order valence-electron chi connectivity index (χ3n) is 3.94. The molecule has 0 saturated carbocycles. The Morgan fingerprint density at radius 3 is 2.81 bits per heavy atom. The molecular formula is C15H17ClN2O2S. The molecule has 0 spiro atoms. The van der Waals surface area contributed by atoms with Crippen molar-refractivity contribution in [1.82, 2.24) is 4.90 Å². The summed E-state index contributed by atoms with van der Waals surface area (Å²) >= 11 is 7.86. The fourth-order valence-corrected chi connectivity index (χ4v) is 3.83. The Morgan fingerprint density at radius 2 is 2.10 bits per heavy atom. The van der Waals surface area contributed by atoms with Crippen LogP contribution in [0.3, 0.4) is 0 Å². The van der Waals surface area contributed by atoms with Gasteiger partial charge in [0.25, 0.3) is 0 Å². The monoisotopic (exact) mass is 324 g/mol. The first-order valence-electron chi connectivity index (χ1n) is 7.05. The summed E-state index contributed by atoms with van der Waals surface area (Å²) in [7, 11) is 0. The summed E-state index contributed by atoms with van der Waals surface area (Å²) in [6.07, 6.45) is 0.964. The van der Waals surface area contributed by atoms with Crippen molar-refractivity contribution < 1.29 is 9.59 Å². The molecule has 0 radical (unpaired) electrons. The summed E-state index contributed by atoms with van der Waals surface area (Å²) < 4.78 is 0. The van der Waals surface area contributed by atoms with Gasteiger partial charge in [-0.15, -0.1) is 11.8 Å². The van der Waals surface area contributed by atoms with Crippen LogP contribution in [0.15, 0.2) is 23.1 Å². The summed E-state index contributed by atoms with van der Waals surface area (Å²) in [6, 6.07) is 5.72. The molecule has 2 amide bonds. The number of rotatable bonds is 1. The van der Waals surface area contributed by atoms with E-state index in [-0.39, 0.29) is 17.7 Å². The van der Waals surface area contributed by atoms with Crippen LogP contribution in [0, 0.1) is 5.92 Å². The Bertz CT molecular complexity index is 587. The lowest BCUT2D eigenvalue weighted by molar-refractivity contribution is -0.140. The van der Waals surface area contributed by atoms with Crippen LogP contribution >= 0.6 is 23.4 Å². The van der Waals surface area contributed by atoms with Crippen LogP contribution < -0.4 is 4.90 Å². The molecule has 1 saturated heterocycles. The molecule has 0 bridgehead atoms. The minimum atomic E-state index is -0.0798. The van der Waals surface area contributed by atoms with Crippen molar-refractivity contribution in [3.63, 3.8) is 0 Å². The third kappa shape index (κ3) is 2.90. The quantitative estimate of drug-likeness (QED) is 0.797. The lowest BCUT2D eigenvalue weighted by Crippen LogP contribution is -2.56. The van der Waals surface area contributed by atoms with Gasteiger partial charge in [-0.05, 0) is 30.4 Å². The number of hydrogen-bond donors (Lipinski definition) is 0. The molecule has 21 heavy (non-hydrogen) atoms. The van der Waals surface area contributed by atoms with E-state index in [2.05, 4.69) is 0 Å². The Hall–Kier alpha value is -1.20. The minimum absolute atomic E-state index is 0.0360. The molecular weight excluding hydrogens is 308 g/mol. The van der Waals surface area contributed by atoms with Crippen molar-refractivity contribution in [2.24, 2.45) is 5.92 Å². The first-order valence-corrected chi connectivity index (χ1v) is 8.42. The number of amides is 2. The Labute approximate surface area is 133 Å². The zero-order chi connectivity index (χ0) is 15.0. The normalized spacial score (nSPS) is 18.8. The number of carbonyl (C=O) groups excluding carboxylic acids is 2. The highest BCUT2D eigenvalue weighted by molar-refractivity contribution is 7.99. The number of benzene rings is 1. The van der Waals surface area contributed by atoms with Crippen LogP contribution in [0.4, 0.5) is 5.69 Å². The first-order chi connectivity index (χ1) is 10.1. The maximum atomic E-state index is 12.7. The van der Waals surface area contributed by atoms with E-state index in [1.807, 2.05) is 23.1 Å². The van der Waals surface area contributed by atoms with Crippen molar-refractivity contribution >= 4 is 40.9 Å². The molecule has 1 fully saturated rings. The molecule has 1 aromatic carbocycles. The van der Waals surface area contributed by atoms with Crippen molar-refractivity contribution in [2.45, 2.75) is 18.2 Å². The molecule has 3 rings (SSSR count). The van der Waals surface area contributed by atoms with Crippen LogP contribution in [-0.2, 0) is 9.59 Å². The molecule has 0 aliphatic carbocycles. The molecule has 0 N–H and O–H groups in total. The lowest BCUT2D eigenvalue weighted by Gasteiger charge is -2.40. The van der Waals surface area contributed by atoms with E-state index in [1.165, 1.54) is 0 Å². The molecule has 0 atom stereocenters. The van der Waals surface area contributed by atoms with Gasteiger partial charge in [0, 0.05) is 36.5 Å². The molecule has 0 unspecified atom stereocenters. The summed E-state index contributed by atoms with van der Waals surface area (Å²) in [5.74, 6) is 1.07. The van der Waals surface area contributed by atoms with E-state index < -0.39 is 0 Å². The predicted octanol–water partition coefficient (Wildman–Crippen LogP) is 2.65. The third-order valence-corrected chi connectivity index (χ3v) is 5.32. The number of fused-ring (bicyclic) bond motifs is 1. The predicted molar refractivity (Wildman–Crippen MR) is 84.9 cm³/mol. The molecule has 1 aromatic rings. The molecule has 112 valence electrons. The second-order valence-corrected chi connectivity index (χ2v) is 7.00. The number of likely N-dealkylation sites (tertiary alicyclic amines) is 1. The minimum Gasteiger partial charge on any atom is -0.341 e. The molecule has 0 aromatic heterocycles. The van der Waals surface area contributed by atoms with Crippen LogP contribution in [-0.4, -0.2) is 42.1 Å². The average Bonchev–Trinajstić information content (AvgIpc) is 2.58. The van der Waals surface area contributed by atoms with Crippen molar-refractivity contribution in [1.29, 1.82) is 0 Å². The maximum absolute atomic E-state index is 12.7. The largest absolute Gasteiger partial charge is 0.341 e. The van der Waals surface area contributed by atoms with Crippen LogP contribution in [0.2, 0.25) is 5.02 Å². The second-order valence-electron chi connectivity index (χ2n) is 5.42. The van der Waals surface area contributed by atoms with Gasteiger partial charge >= 0.3 is 0 Å². The summed E-state index contributed by atoms with van der Waals surface area (Å²) in [6.45, 7) is 3.33. The first kappa shape index (κ1) is 14.7. The zero-order valence-corrected chi connectivity index (χ0v) is 13.4. The van der Waals surface area contributed by atoms with Gasteiger partial charge in [-0.3, -0.25) is 9.59 Å². The van der Waals surface area contributed by atoms with Gasteiger partial charge in [-0.1, -0.05) is 11.6 Å². The fourth-order valence-electron chi connectivity index (χ4n) is 2.69. The van der Waals surface area contributed by atoms with E-state index in [0.717, 1.165) is 29.3 Å². The Balaban J connectivity index is 1.81. The Morgan fingerprint density at radius 1 is 1.33 bits per heavy atom. The summed E-state index contributed by atoms with van der Waals surface area (Å²) in [5, 5.41) is 0.646. The molecule has 2 heterocycles. The van der Waals surface area contributed by atoms with Crippen molar-refractivity contribution in [2.75, 3.05) is 30.3 Å². The SMILES string of the molecule is CC(=O)N1CC(C(=O)N2CCCSc3ccc(Cl)cc32)C1. The van der Waals surface area contributed by atoms with E-state index >= 15 is 0 Å². The van der Waals surface area contributed by atoms with Gasteiger partial charge in [0.05, 0.1) is 11.6 Å². The fraction of sp³-hybridized carbons (Fsp3) is 0.467. The van der Waals surface area contributed by atoms with Crippen LogP contribution in [0.1, 0.15) is 13.3 Å². The number of carbonyl (C=O) groups is 2. The van der Waals surface area contributed by atoms with Crippen LogP contribution in [0.25, 0.3) is 0 Å². The maximum Gasteiger partial charge on any atom is 0.233 e. The van der Waals surface area contributed by atoms with Gasteiger partial charge in [-0.25, -0.2) is 0 Å². The number of anilines is 1. The van der Waals surface area contributed by atoms with E-state index in [9.17, 15) is 9.59 Å². The lowest BCUT2D eigenvalue weighted by atomic mass is 9.98. The number of hydrogen-bond acceptors (Lipinski definition) is 3. The number of thioether (sulfide) groups is 1. The molecule has 2 aliphatic rings. The highest BCUT2D eigenvalue weighted by Crippen LogP contribution is 2.37. The summed E-state index contributed by atoms with van der Waals surface area (Å²) in [5.41, 5.74) is 0.913. The molecule has 6 heteroatoms. The van der Waals surface area contributed by atoms with Crippen molar-refractivity contribution in [3.05, 3.63) is 23.2 Å². The second kappa shape index (κ2) is 5.89. The zero-order valence-electron chi connectivity index (χ0n) is 11.8. The number of nitrogens with zero attached hydrogens (tertiary/aromatic N) is 2. The highest BCUT2D eigenvalue weighted by Gasteiger charge is 2.37. The number of halogens is 1. The Kier molecular flexibility index (Phi) is 4.13. The molecule has 2 aliphatic heterocycles. The standard InChI is InChI=1S/C15H17ClN2O2S/c1-10(19)17-8-11(9-17)15(20)18-5-2-6-21-14-4-3-12(16)7-13(14)18/h3-4,7,11H,2,5-6,8-9H2,1H3. The average molecular weight is 325 g/mol. The van der Waals surface area contributed by atoms with Gasteiger partial charge < -0.3 is 9.80 Å². The smallest absolute Gasteiger partial charge is 0.233 e. The van der Waals surface area contributed by atoms with E-state index in [4.69, 9.17) is 11.6 Å². The highest BCUT2D eigenvalue weighted by atomic mass is 35.5.